The average Bonchev–Trinajstić information content (AvgIpc) is 3.20. The predicted octanol–water partition coefficient (Wildman–Crippen LogP) is 2.26. The summed E-state index contributed by atoms with van der Waals surface area (Å²) in [5.41, 5.74) is 1.54. The normalized spacial score (nSPS) is 14.8. The molecular formula is C22H26N3O3S+. The van der Waals surface area contributed by atoms with E-state index in [9.17, 15) is 4.79 Å². The average molecular weight is 413 g/mol. The SMILES string of the molecule is COc1ccc2sc(N(CCC[NH+]3CCOCC3)C(=O)c3ccccc3)nc2c1. The number of hydrogen-bond acceptors (Lipinski definition) is 5. The Morgan fingerprint density at radius 1 is 1.21 bits per heavy atom. The summed E-state index contributed by atoms with van der Waals surface area (Å²) in [6.07, 6.45) is 0.924. The van der Waals surface area contributed by atoms with E-state index in [1.165, 1.54) is 4.90 Å². The monoisotopic (exact) mass is 412 g/mol. The van der Waals surface area contributed by atoms with Crippen molar-refractivity contribution >= 4 is 32.6 Å². The Bertz CT molecular complexity index is 954. The minimum atomic E-state index is -0.00593. The zero-order valence-electron chi connectivity index (χ0n) is 16.6. The quantitative estimate of drug-likeness (QED) is 0.647. The molecule has 1 N–H and O–H groups in total. The second kappa shape index (κ2) is 9.35. The fourth-order valence-corrected chi connectivity index (χ4v) is 4.53. The van der Waals surface area contributed by atoms with Gasteiger partial charge in [-0.25, -0.2) is 4.98 Å². The largest absolute Gasteiger partial charge is 0.497 e. The maximum absolute atomic E-state index is 13.3. The van der Waals surface area contributed by atoms with Crippen LogP contribution < -0.4 is 14.5 Å². The van der Waals surface area contributed by atoms with Crippen molar-refractivity contribution < 1.29 is 19.2 Å². The highest BCUT2D eigenvalue weighted by Gasteiger charge is 2.22. The van der Waals surface area contributed by atoms with E-state index < -0.39 is 0 Å². The van der Waals surface area contributed by atoms with E-state index in [2.05, 4.69) is 0 Å². The molecule has 29 heavy (non-hydrogen) atoms. The van der Waals surface area contributed by atoms with E-state index in [-0.39, 0.29) is 5.91 Å². The topological polar surface area (TPSA) is 56.1 Å². The lowest BCUT2D eigenvalue weighted by molar-refractivity contribution is -0.908. The zero-order valence-corrected chi connectivity index (χ0v) is 17.4. The molecule has 0 aliphatic carbocycles. The first-order valence-corrected chi connectivity index (χ1v) is 10.8. The van der Waals surface area contributed by atoms with Crippen LogP contribution in [0.3, 0.4) is 0 Å². The van der Waals surface area contributed by atoms with Gasteiger partial charge in [0.25, 0.3) is 5.91 Å². The van der Waals surface area contributed by atoms with Crippen molar-refractivity contribution in [1.82, 2.24) is 4.98 Å². The fraction of sp³-hybridized carbons (Fsp3) is 0.364. The molecule has 1 aliphatic heterocycles. The molecule has 0 radical (unpaired) electrons. The molecule has 1 fully saturated rings. The summed E-state index contributed by atoms with van der Waals surface area (Å²) in [4.78, 5) is 21.4. The number of carbonyl (C=O) groups is 1. The minimum absolute atomic E-state index is 0.00593. The summed E-state index contributed by atoms with van der Waals surface area (Å²) in [7, 11) is 1.65. The van der Waals surface area contributed by atoms with Crippen molar-refractivity contribution in [3.63, 3.8) is 0 Å². The van der Waals surface area contributed by atoms with Crippen LogP contribution in [0.15, 0.2) is 48.5 Å². The lowest BCUT2D eigenvalue weighted by Gasteiger charge is -2.25. The molecule has 1 saturated heterocycles. The van der Waals surface area contributed by atoms with E-state index in [0.717, 1.165) is 60.4 Å². The molecule has 0 unspecified atom stereocenters. The third kappa shape index (κ3) is 4.75. The van der Waals surface area contributed by atoms with Crippen LogP contribution in [0, 0.1) is 0 Å². The van der Waals surface area contributed by atoms with Gasteiger partial charge in [0.15, 0.2) is 5.13 Å². The van der Waals surface area contributed by atoms with Crippen LogP contribution in [0.4, 0.5) is 5.13 Å². The van der Waals surface area contributed by atoms with Crippen molar-refractivity contribution in [2.75, 3.05) is 51.4 Å². The number of anilines is 1. The van der Waals surface area contributed by atoms with Gasteiger partial charge in [-0.1, -0.05) is 29.5 Å². The van der Waals surface area contributed by atoms with Gasteiger partial charge in [0.1, 0.15) is 18.8 Å². The number of carbonyl (C=O) groups excluding carboxylic acids is 1. The van der Waals surface area contributed by atoms with Gasteiger partial charge < -0.3 is 14.4 Å². The number of fused-ring (bicyclic) bond motifs is 1. The Kier molecular flexibility index (Phi) is 6.39. The molecule has 6 nitrogen and oxygen atoms in total. The van der Waals surface area contributed by atoms with Crippen LogP contribution in [0.2, 0.25) is 0 Å². The van der Waals surface area contributed by atoms with Crippen molar-refractivity contribution in [3.05, 3.63) is 54.1 Å². The van der Waals surface area contributed by atoms with Crippen LogP contribution in [0.1, 0.15) is 16.8 Å². The van der Waals surface area contributed by atoms with Gasteiger partial charge in [-0.05, 0) is 24.3 Å². The number of thiazole rings is 1. The zero-order chi connectivity index (χ0) is 20.1. The number of benzene rings is 2. The number of nitrogens with one attached hydrogen (secondary N) is 1. The number of methoxy groups -OCH3 is 1. The Morgan fingerprint density at radius 3 is 2.76 bits per heavy atom. The van der Waals surface area contributed by atoms with Crippen LogP contribution >= 0.6 is 11.3 Å². The minimum Gasteiger partial charge on any atom is -0.497 e. The first kappa shape index (κ1) is 19.8. The lowest BCUT2D eigenvalue weighted by atomic mass is 10.2. The Morgan fingerprint density at radius 2 is 2.00 bits per heavy atom. The Balaban J connectivity index is 1.56. The van der Waals surface area contributed by atoms with Gasteiger partial charge in [-0.2, -0.15) is 0 Å². The number of quaternary nitrogens is 1. The molecule has 2 aromatic carbocycles. The van der Waals surface area contributed by atoms with Crippen molar-refractivity contribution in [1.29, 1.82) is 0 Å². The lowest BCUT2D eigenvalue weighted by Crippen LogP contribution is -3.14. The standard InChI is InChI=1S/C22H25N3O3S/c1-27-18-8-9-20-19(16-18)23-22(29-20)25(21(26)17-6-3-2-4-7-17)11-5-10-24-12-14-28-15-13-24/h2-4,6-9,16H,5,10-15H2,1H3/p+1. The van der Waals surface area contributed by atoms with Crippen LogP contribution in [-0.2, 0) is 4.74 Å². The van der Waals surface area contributed by atoms with Gasteiger partial charge in [0.05, 0.1) is 37.1 Å². The van der Waals surface area contributed by atoms with Gasteiger partial charge in [-0.15, -0.1) is 0 Å². The molecule has 0 atom stereocenters. The summed E-state index contributed by atoms with van der Waals surface area (Å²) in [5, 5.41) is 0.735. The van der Waals surface area contributed by atoms with E-state index in [1.807, 2.05) is 53.4 Å². The first-order chi connectivity index (χ1) is 14.2. The summed E-state index contributed by atoms with van der Waals surface area (Å²) in [6.45, 7) is 5.39. The Hall–Kier alpha value is -2.48. The maximum Gasteiger partial charge on any atom is 0.260 e. The van der Waals surface area contributed by atoms with Crippen molar-refractivity contribution in [3.8, 4) is 5.75 Å². The summed E-state index contributed by atoms with van der Waals surface area (Å²) in [5.74, 6) is 0.764. The highest BCUT2D eigenvalue weighted by atomic mass is 32.1. The van der Waals surface area contributed by atoms with Crippen LogP contribution in [-0.4, -0.2) is 57.4 Å². The third-order valence-electron chi connectivity index (χ3n) is 5.19. The van der Waals surface area contributed by atoms with Gasteiger partial charge in [0, 0.05) is 24.6 Å². The third-order valence-corrected chi connectivity index (χ3v) is 6.25. The number of morpholine rings is 1. The molecule has 3 aromatic rings. The van der Waals surface area contributed by atoms with Crippen molar-refractivity contribution in [2.45, 2.75) is 6.42 Å². The van der Waals surface area contributed by atoms with Crippen molar-refractivity contribution in [2.24, 2.45) is 0 Å². The van der Waals surface area contributed by atoms with Crippen LogP contribution in [0.5, 0.6) is 5.75 Å². The highest BCUT2D eigenvalue weighted by molar-refractivity contribution is 7.22. The molecule has 0 bridgehead atoms. The van der Waals surface area contributed by atoms with Gasteiger partial charge >= 0.3 is 0 Å². The molecule has 7 heteroatoms. The first-order valence-electron chi connectivity index (χ1n) is 9.97. The number of nitrogens with zero attached hydrogens (tertiary/aromatic N) is 2. The number of hydrogen-bond donors (Lipinski definition) is 1. The van der Waals surface area contributed by atoms with Gasteiger partial charge in [0.2, 0.25) is 0 Å². The molecule has 0 saturated carbocycles. The summed E-state index contributed by atoms with van der Waals surface area (Å²) in [6, 6.07) is 15.3. The second-order valence-corrected chi connectivity index (χ2v) is 8.13. The van der Waals surface area contributed by atoms with Crippen LogP contribution in [0.25, 0.3) is 10.2 Å². The second-order valence-electron chi connectivity index (χ2n) is 7.12. The molecule has 2 heterocycles. The van der Waals surface area contributed by atoms with E-state index in [4.69, 9.17) is 14.5 Å². The maximum atomic E-state index is 13.3. The van der Waals surface area contributed by atoms with E-state index in [0.29, 0.717) is 12.1 Å². The number of aromatic nitrogens is 1. The van der Waals surface area contributed by atoms with E-state index in [1.54, 1.807) is 18.4 Å². The number of rotatable bonds is 7. The molecule has 1 amide bonds. The number of amides is 1. The molecule has 0 spiro atoms. The highest BCUT2D eigenvalue weighted by Crippen LogP contribution is 2.32. The predicted molar refractivity (Wildman–Crippen MR) is 115 cm³/mol. The summed E-state index contributed by atoms with van der Waals surface area (Å²) >= 11 is 1.55. The molecule has 1 aromatic heterocycles. The van der Waals surface area contributed by atoms with Gasteiger partial charge in [-0.3, -0.25) is 9.69 Å². The fourth-order valence-electron chi connectivity index (χ4n) is 3.56. The smallest absolute Gasteiger partial charge is 0.260 e. The number of ether oxygens (including phenoxy) is 2. The van der Waals surface area contributed by atoms with E-state index >= 15 is 0 Å². The Labute approximate surface area is 174 Å². The molecular weight excluding hydrogens is 386 g/mol. The summed E-state index contributed by atoms with van der Waals surface area (Å²) < 4.78 is 11.8. The molecule has 4 rings (SSSR count). The molecule has 152 valence electrons. The molecule has 1 aliphatic rings.